The maximum Gasteiger partial charge on any atom is 0.318 e. The first kappa shape index (κ1) is 25.4. The molecule has 2 N–H and O–H groups in total. The number of hydrogen-bond acceptors (Lipinski definition) is 8. The van der Waals surface area contributed by atoms with Crippen LogP contribution in [0.25, 0.3) is 5.65 Å². The highest BCUT2D eigenvalue weighted by molar-refractivity contribution is 5.93. The van der Waals surface area contributed by atoms with Crippen LogP contribution in [0.1, 0.15) is 90.0 Å². The molecule has 3 fully saturated rings. The first-order valence-corrected chi connectivity index (χ1v) is 13.7. The Morgan fingerprint density at radius 3 is 2.64 bits per heavy atom. The molecule has 1 saturated heterocycles. The third kappa shape index (κ3) is 6.44. The Balaban J connectivity index is 1.36. The fourth-order valence-electron chi connectivity index (χ4n) is 5.20. The lowest BCUT2D eigenvalue weighted by atomic mass is 9.81. The maximum atomic E-state index is 15.1. The number of amides is 3. The van der Waals surface area contributed by atoms with Crippen molar-refractivity contribution in [2.45, 2.75) is 75.0 Å². The zero-order valence-corrected chi connectivity index (χ0v) is 22.7. The molecule has 2 aliphatic carbocycles. The van der Waals surface area contributed by atoms with Crippen LogP contribution in [0.2, 0.25) is 0 Å². The van der Waals surface area contributed by atoms with Crippen molar-refractivity contribution in [1.29, 1.82) is 0 Å². The van der Waals surface area contributed by atoms with E-state index in [4.69, 9.17) is 10.2 Å². The fraction of sp³-hybridized carbons (Fsp3) is 0.615. The molecule has 3 aliphatic rings. The van der Waals surface area contributed by atoms with Gasteiger partial charge in [0.15, 0.2) is 11.3 Å². The monoisotopic (exact) mass is 634 g/mol. The first-order chi connectivity index (χ1) is 22.4. The van der Waals surface area contributed by atoms with Gasteiger partial charge in [-0.25, -0.2) is 45.3 Å². The molecule has 2 saturated carbocycles. The molecule has 18 heteroatoms. The maximum absolute atomic E-state index is 15.1. The quantitative estimate of drug-likeness (QED) is 0.316. The Bertz CT molecular complexity index is 1700. The van der Waals surface area contributed by atoms with Crippen molar-refractivity contribution in [3.63, 3.8) is 0 Å². The molecular formula is C26H28F6N8O4. The number of rotatable bonds is 10. The first-order valence-electron chi connectivity index (χ1n) is 15.7. The van der Waals surface area contributed by atoms with Crippen molar-refractivity contribution in [2.24, 2.45) is 5.92 Å². The van der Waals surface area contributed by atoms with Gasteiger partial charge in [0, 0.05) is 18.4 Å². The number of imidazole rings is 1. The minimum Gasteiger partial charge on any atom is -0.376 e. The summed E-state index contributed by atoms with van der Waals surface area (Å²) in [5, 5.41) is 14.5. The molecule has 0 radical (unpaired) electrons. The number of carbonyl (C=O) groups excluding carboxylic acids is 2. The van der Waals surface area contributed by atoms with E-state index in [0.717, 1.165) is 6.20 Å². The number of nitrogens with zero attached hydrogens (tertiary/aromatic N) is 6. The number of hydrogen-bond donors (Lipinski definition) is 2. The van der Waals surface area contributed by atoms with Crippen molar-refractivity contribution >= 4 is 17.6 Å². The number of aromatic nitrogens is 5. The Kier molecular flexibility index (Phi) is 6.64. The summed E-state index contributed by atoms with van der Waals surface area (Å²) >= 11 is 0. The number of carbonyl (C=O) groups is 2. The number of halogens is 6. The van der Waals surface area contributed by atoms with Crippen LogP contribution in [0.15, 0.2) is 23.1 Å². The van der Waals surface area contributed by atoms with E-state index < -0.39 is 92.0 Å². The SMILES string of the molecule is [2H]C1([2H])NC(=O)N([C@H](COC2CC2)c2cnn3cc([C@@H](NC(=O)c4nonc4C(F)F)C4CCC(F)(F)CC4)nc3c2)C([2H])([2H])C1(F)F. The van der Waals surface area contributed by atoms with Gasteiger partial charge in [-0.1, -0.05) is 0 Å². The summed E-state index contributed by atoms with van der Waals surface area (Å²) < 4.78 is 128. The lowest BCUT2D eigenvalue weighted by molar-refractivity contribution is -0.0542. The lowest BCUT2D eigenvalue weighted by Crippen LogP contribution is -2.58. The van der Waals surface area contributed by atoms with Crippen molar-refractivity contribution in [3.8, 4) is 0 Å². The zero-order chi connectivity index (χ0) is 34.8. The summed E-state index contributed by atoms with van der Waals surface area (Å²) in [4.78, 5) is 30.6. The van der Waals surface area contributed by atoms with Gasteiger partial charge in [0.05, 0.1) is 61.4 Å². The van der Waals surface area contributed by atoms with Gasteiger partial charge in [-0.3, -0.25) is 4.79 Å². The third-order valence-corrected chi connectivity index (χ3v) is 7.65. The van der Waals surface area contributed by atoms with E-state index in [1.807, 2.05) is 0 Å². The van der Waals surface area contributed by atoms with E-state index in [9.17, 15) is 27.2 Å². The topological polar surface area (TPSA) is 140 Å². The van der Waals surface area contributed by atoms with Gasteiger partial charge in [0.25, 0.3) is 18.3 Å². The summed E-state index contributed by atoms with van der Waals surface area (Å²) in [6.07, 6.45) is -0.890. The summed E-state index contributed by atoms with van der Waals surface area (Å²) in [6.45, 7) is -8.02. The van der Waals surface area contributed by atoms with Crippen LogP contribution in [-0.4, -0.2) is 79.3 Å². The van der Waals surface area contributed by atoms with Crippen molar-refractivity contribution in [1.82, 2.24) is 40.4 Å². The van der Waals surface area contributed by atoms with Gasteiger partial charge < -0.3 is 20.3 Å². The van der Waals surface area contributed by atoms with Crippen LogP contribution in [0.5, 0.6) is 0 Å². The normalized spacial score (nSPS) is 25.4. The minimum absolute atomic E-state index is 0.00393. The average Bonchev–Trinajstić information content (AvgIpc) is 3.51. The molecule has 6 rings (SSSR count). The zero-order valence-electron chi connectivity index (χ0n) is 26.7. The second kappa shape index (κ2) is 11.5. The van der Waals surface area contributed by atoms with Crippen LogP contribution in [0.3, 0.4) is 0 Å². The van der Waals surface area contributed by atoms with Gasteiger partial charge in [-0.2, -0.15) is 5.10 Å². The number of urea groups is 1. The van der Waals surface area contributed by atoms with Crippen LogP contribution in [0, 0.1) is 5.92 Å². The van der Waals surface area contributed by atoms with E-state index in [-0.39, 0.29) is 40.8 Å². The predicted molar refractivity (Wildman–Crippen MR) is 136 cm³/mol. The van der Waals surface area contributed by atoms with Crippen LogP contribution < -0.4 is 10.6 Å². The van der Waals surface area contributed by atoms with Gasteiger partial charge in [-0.15, -0.1) is 0 Å². The molecule has 3 amide bonds. The summed E-state index contributed by atoms with van der Waals surface area (Å²) in [7, 11) is 0. The second-order valence-corrected chi connectivity index (χ2v) is 10.9. The molecule has 4 heterocycles. The van der Waals surface area contributed by atoms with E-state index in [1.54, 1.807) is 0 Å². The molecule has 0 bridgehead atoms. The van der Waals surface area contributed by atoms with Gasteiger partial charge in [-0.05, 0) is 48.0 Å². The van der Waals surface area contributed by atoms with Crippen LogP contribution >= 0.6 is 0 Å². The van der Waals surface area contributed by atoms with Gasteiger partial charge in [0.1, 0.15) is 0 Å². The Morgan fingerprint density at radius 2 is 1.93 bits per heavy atom. The minimum atomic E-state index is -4.71. The molecule has 0 spiro atoms. The van der Waals surface area contributed by atoms with Gasteiger partial charge >= 0.3 is 6.03 Å². The van der Waals surface area contributed by atoms with E-state index in [2.05, 4.69) is 30.3 Å². The van der Waals surface area contributed by atoms with Crippen molar-refractivity contribution in [3.05, 3.63) is 41.1 Å². The summed E-state index contributed by atoms with van der Waals surface area (Å²) in [5.74, 6) is -9.43. The Hall–Kier alpha value is -3.96. The molecule has 238 valence electrons. The average molecular weight is 635 g/mol. The molecule has 0 aromatic carbocycles. The highest BCUT2D eigenvalue weighted by atomic mass is 19.3. The highest BCUT2D eigenvalue weighted by Crippen LogP contribution is 2.41. The number of fused-ring (bicyclic) bond motifs is 1. The standard InChI is InChI=1S/C26H28F6N8O4/c27-22(28)20-21(38-44-37-20)23(41)36-19(13-3-5-25(29,30)6-4-13)16-9-40-18(35-16)7-14(8-34-40)17(10-43-15-1-2-15)39-12-26(31,32)11-33-24(39)42/h7-9,13,15,17,19,22H,1-6,10-12H2,(H,33,42)(H,36,41)/t17-,19+/m1/s1/i11D2,12D2. The van der Waals surface area contributed by atoms with Crippen molar-refractivity contribution < 1.29 is 50.8 Å². The molecular weight excluding hydrogens is 602 g/mol. The fourth-order valence-corrected chi connectivity index (χ4v) is 5.20. The van der Waals surface area contributed by atoms with E-state index in [0.29, 0.717) is 12.8 Å². The van der Waals surface area contributed by atoms with Gasteiger partial charge in [0.2, 0.25) is 11.6 Å². The second-order valence-electron chi connectivity index (χ2n) is 10.9. The van der Waals surface area contributed by atoms with E-state index in [1.165, 1.54) is 22.1 Å². The number of nitrogens with one attached hydrogen (secondary N) is 2. The third-order valence-electron chi connectivity index (χ3n) is 7.65. The predicted octanol–water partition coefficient (Wildman–Crippen LogP) is 4.23. The molecule has 12 nitrogen and oxygen atoms in total. The lowest BCUT2D eigenvalue weighted by Gasteiger charge is -2.38. The van der Waals surface area contributed by atoms with E-state index >= 15 is 8.78 Å². The molecule has 3 aromatic heterocycles. The van der Waals surface area contributed by atoms with Crippen molar-refractivity contribution in [2.75, 3.05) is 19.6 Å². The molecule has 1 aliphatic heterocycles. The summed E-state index contributed by atoms with van der Waals surface area (Å²) in [6, 6.07) is -2.86. The number of ether oxygens (including phenoxy) is 1. The molecule has 0 unspecified atom stereocenters. The molecule has 44 heavy (non-hydrogen) atoms. The Morgan fingerprint density at radius 1 is 1.18 bits per heavy atom. The highest BCUT2D eigenvalue weighted by Gasteiger charge is 2.43. The molecule has 2 atom stereocenters. The Labute approximate surface area is 251 Å². The summed E-state index contributed by atoms with van der Waals surface area (Å²) in [5.41, 5.74) is -1.80. The molecule has 3 aromatic rings. The largest absolute Gasteiger partial charge is 0.376 e. The smallest absolute Gasteiger partial charge is 0.318 e. The van der Waals surface area contributed by atoms with Crippen LogP contribution in [-0.2, 0) is 4.74 Å². The van der Waals surface area contributed by atoms with Crippen LogP contribution in [0.4, 0.5) is 31.1 Å². The number of alkyl halides is 6.